The zero-order chi connectivity index (χ0) is 13.3. The first-order valence-electron chi connectivity index (χ1n) is 5.81. The van der Waals surface area contributed by atoms with Crippen molar-refractivity contribution >= 4 is 19.2 Å². The summed E-state index contributed by atoms with van der Waals surface area (Å²) in [7, 11) is 0.139. The maximum atomic E-state index is 13.8. The Morgan fingerprint density at radius 1 is 0.944 bits per heavy atom. The Balaban J connectivity index is 2.40. The molecule has 94 valence electrons. The van der Waals surface area contributed by atoms with E-state index in [4.69, 9.17) is 0 Å². The van der Waals surface area contributed by atoms with Crippen molar-refractivity contribution in [2.24, 2.45) is 0 Å². The lowest BCUT2D eigenvalue weighted by Crippen LogP contribution is -2.09. The van der Waals surface area contributed by atoms with Crippen molar-refractivity contribution in [1.29, 1.82) is 0 Å². The molecule has 2 rings (SSSR count). The largest absolute Gasteiger partial charge is 0.507 e. The quantitative estimate of drug-likeness (QED) is 0.825. The molecule has 0 heterocycles. The molecule has 0 saturated carbocycles. The van der Waals surface area contributed by atoms with Crippen LogP contribution in [0.2, 0.25) is 0 Å². The van der Waals surface area contributed by atoms with Crippen LogP contribution >= 0.6 is 8.58 Å². The van der Waals surface area contributed by atoms with Gasteiger partial charge in [-0.2, -0.15) is 0 Å². The molecule has 1 nitrogen and oxygen atoms in total. The highest BCUT2D eigenvalue weighted by atomic mass is 31.1. The van der Waals surface area contributed by atoms with Gasteiger partial charge in [-0.15, -0.1) is 0 Å². The van der Waals surface area contributed by atoms with Crippen LogP contribution in [0.1, 0.15) is 16.7 Å². The molecule has 3 heteroatoms. The summed E-state index contributed by atoms with van der Waals surface area (Å²) < 4.78 is 13.8. The zero-order valence-electron chi connectivity index (χ0n) is 10.7. The molecule has 0 aliphatic carbocycles. The minimum atomic E-state index is -0.202. The third kappa shape index (κ3) is 2.70. The predicted octanol–water partition coefficient (Wildman–Crippen LogP) is 3.09. The monoisotopic (exact) mass is 262 g/mol. The van der Waals surface area contributed by atoms with Crippen LogP contribution in [0.3, 0.4) is 0 Å². The van der Waals surface area contributed by atoms with Crippen molar-refractivity contribution in [1.82, 2.24) is 0 Å². The Hall–Kier alpha value is -1.40. The summed E-state index contributed by atoms with van der Waals surface area (Å²) in [5.41, 5.74) is 2.83. The molecular weight excluding hydrogens is 246 g/mol. The van der Waals surface area contributed by atoms with Crippen LogP contribution in [0.4, 0.5) is 4.39 Å². The summed E-state index contributed by atoms with van der Waals surface area (Å²) in [6.45, 7) is 5.71. The molecule has 1 unspecified atom stereocenters. The normalized spacial score (nSPS) is 11.3. The van der Waals surface area contributed by atoms with Crippen molar-refractivity contribution in [2.75, 3.05) is 0 Å². The van der Waals surface area contributed by atoms with Crippen molar-refractivity contribution in [3.05, 3.63) is 52.8 Å². The maximum absolute atomic E-state index is 13.8. The van der Waals surface area contributed by atoms with Gasteiger partial charge in [0.15, 0.2) is 0 Å². The maximum Gasteiger partial charge on any atom is 0.131 e. The fraction of sp³-hybridized carbons (Fsp3) is 0.200. The molecule has 2 aromatic carbocycles. The molecule has 0 saturated heterocycles. The van der Waals surface area contributed by atoms with Crippen molar-refractivity contribution < 1.29 is 9.50 Å². The van der Waals surface area contributed by atoms with Crippen molar-refractivity contribution in [3.63, 3.8) is 0 Å². The molecule has 0 spiro atoms. The molecule has 0 aliphatic heterocycles. The van der Waals surface area contributed by atoms with E-state index in [9.17, 15) is 9.50 Å². The predicted molar refractivity (Wildman–Crippen MR) is 76.3 cm³/mol. The second-order valence-corrected chi connectivity index (χ2v) is 5.91. The number of benzene rings is 2. The third-order valence-electron chi connectivity index (χ3n) is 2.84. The van der Waals surface area contributed by atoms with Crippen LogP contribution in [-0.4, -0.2) is 5.11 Å². The van der Waals surface area contributed by atoms with Crippen LogP contribution in [0, 0.1) is 26.6 Å². The van der Waals surface area contributed by atoms with E-state index in [1.165, 1.54) is 6.07 Å². The van der Waals surface area contributed by atoms with Crippen LogP contribution < -0.4 is 10.6 Å². The molecule has 0 aliphatic rings. The lowest BCUT2D eigenvalue weighted by molar-refractivity contribution is 0.475. The van der Waals surface area contributed by atoms with Gasteiger partial charge in [0.1, 0.15) is 11.6 Å². The van der Waals surface area contributed by atoms with Crippen molar-refractivity contribution in [3.8, 4) is 5.75 Å². The van der Waals surface area contributed by atoms with Gasteiger partial charge in [0.05, 0.1) is 0 Å². The van der Waals surface area contributed by atoms with Gasteiger partial charge in [0.2, 0.25) is 0 Å². The van der Waals surface area contributed by atoms with Gasteiger partial charge in [-0.1, -0.05) is 26.8 Å². The Morgan fingerprint density at radius 2 is 1.67 bits per heavy atom. The standard InChI is InChI=1S/C15H16FOP/c1-9-4-5-13(12(16)7-9)18-14-8-10(2)6-11(3)15(14)17/h4-8,17-18H,1-3H3. The number of phenolic OH excluding ortho intramolecular Hbond substituents is 1. The summed E-state index contributed by atoms with van der Waals surface area (Å²) in [5, 5.41) is 11.5. The summed E-state index contributed by atoms with van der Waals surface area (Å²) in [5.74, 6) is 0.0748. The van der Waals surface area contributed by atoms with Crippen LogP contribution in [0.15, 0.2) is 30.3 Å². The number of aryl methyl sites for hydroxylation is 3. The second kappa shape index (κ2) is 5.07. The molecule has 0 fully saturated rings. The van der Waals surface area contributed by atoms with Gasteiger partial charge in [-0.25, -0.2) is 4.39 Å². The van der Waals surface area contributed by atoms with Crippen LogP contribution in [-0.2, 0) is 0 Å². The smallest absolute Gasteiger partial charge is 0.131 e. The number of rotatable bonds is 2. The van der Waals surface area contributed by atoms with Gasteiger partial charge in [0.25, 0.3) is 0 Å². The average Bonchev–Trinajstić information content (AvgIpc) is 2.29. The lowest BCUT2D eigenvalue weighted by Gasteiger charge is -2.10. The van der Waals surface area contributed by atoms with E-state index in [0.717, 1.165) is 22.0 Å². The summed E-state index contributed by atoms with van der Waals surface area (Å²) >= 11 is 0. The zero-order valence-corrected chi connectivity index (χ0v) is 11.7. The SMILES string of the molecule is Cc1ccc(Pc2cc(C)cc(C)c2O)c(F)c1. The highest BCUT2D eigenvalue weighted by Gasteiger charge is 2.09. The number of hydrogen-bond acceptors (Lipinski definition) is 1. The molecule has 2 aromatic rings. The number of hydrogen-bond donors (Lipinski definition) is 1. The van der Waals surface area contributed by atoms with E-state index in [1.54, 1.807) is 6.07 Å². The Morgan fingerprint density at radius 3 is 2.33 bits per heavy atom. The minimum absolute atomic E-state index is 0.139. The topological polar surface area (TPSA) is 20.2 Å². The van der Waals surface area contributed by atoms with E-state index >= 15 is 0 Å². The van der Waals surface area contributed by atoms with Gasteiger partial charge >= 0.3 is 0 Å². The number of halogens is 1. The first-order chi connectivity index (χ1) is 8.47. The Kier molecular flexibility index (Phi) is 3.68. The molecule has 1 N–H and O–H groups in total. The van der Waals surface area contributed by atoms with E-state index in [-0.39, 0.29) is 20.1 Å². The Bertz CT molecular complexity index is 593. The van der Waals surface area contributed by atoms with Crippen LogP contribution in [0.5, 0.6) is 5.75 Å². The summed E-state index contributed by atoms with van der Waals surface area (Å²) in [6.07, 6.45) is 0. The first-order valence-corrected chi connectivity index (χ1v) is 6.81. The second-order valence-electron chi connectivity index (χ2n) is 4.59. The first kappa shape index (κ1) is 13.0. The molecule has 0 bridgehead atoms. The fourth-order valence-corrected chi connectivity index (χ4v) is 3.19. The van der Waals surface area contributed by atoms with E-state index in [1.807, 2.05) is 39.0 Å². The van der Waals surface area contributed by atoms with Gasteiger partial charge in [0, 0.05) is 10.6 Å². The van der Waals surface area contributed by atoms with Gasteiger partial charge in [-0.05, 0) is 49.6 Å². The average molecular weight is 262 g/mol. The molecule has 0 radical (unpaired) electrons. The molecule has 0 aromatic heterocycles. The van der Waals surface area contributed by atoms with Crippen LogP contribution in [0.25, 0.3) is 0 Å². The lowest BCUT2D eigenvalue weighted by atomic mass is 10.1. The van der Waals surface area contributed by atoms with E-state index < -0.39 is 0 Å². The van der Waals surface area contributed by atoms with Gasteiger partial charge < -0.3 is 5.11 Å². The minimum Gasteiger partial charge on any atom is -0.507 e. The van der Waals surface area contributed by atoms with Crippen molar-refractivity contribution in [2.45, 2.75) is 20.8 Å². The summed E-state index contributed by atoms with van der Waals surface area (Å²) in [4.78, 5) is 0. The van der Waals surface area contributed by atoms with E-state index in [0.29, 0.717) is 5.30 Å². The summed E-state index contributed by atoms with van der Waals surface area (Å²) in [6, 6.07) is 9.06. The molecule has 18 heavy (non-hydrogen) atoms. The number of phenols is 1. The van der Waals surface area contributed by atoms with Gasteiger partial charge in [-0.3, -0.25) is 0 Å². The fourth-order valence-electron chi connectivity index (χ4n) is 1.92. The Labute approximate surface area is 108 Å². The van der Waals surface area contributed by atoms with E-state index in [2.05, 4.69) is 0 Å². The molecule has 1 atom stereocenters. The highest BCUT2D eigenvalue weighted by molar-refractivity contribution is 7.55. The third-order valence-corrected chi connectivity index (χ3v) is 4.16. The molecule has 0 amide bonds. The number of aromatic hydroxyl groups is 1. The highest BCUT2D eigenvalue weighted by Crippen LogP contribution is 2.24. The molecular formula is C15H16FOP.